The number of fused-ring (bicyclic) bond motifs is 1. The molecule has 2 heterocycles. The summed E-state index contributed by atoms with van der Waals surface area (Å²) >= 11 is -1.17. The van der Waals surface area contributed by atoms with Crippen molar-refractivity contribution in [2.75, 3.05) is 7.11 Å². The Labute approximate surface area is 139 Å². The van der Waals surface area contributed by atoms with E-state index < -0.39 is 11.2 Å². The van der Waals surface area contributed by atoms with Gasteiger partial charge in [-0.3, -0.25) is 4.98 Å². The summed E-state index contributed by atoms with van der Waals surface area (Å²) in [4.78, 5) is 7.68. The number of benzene rings is 1. The first-order valence-electron chi connectivity index (χ1n) is 7.46. The largest absolute Gasteiger partial charge is 0.610 e. The fourth-order valence-corrected chi connectivity index (χ4v) is 3.94. The van der Waals surface area contributed by atoms with Crippen LogP contribution in [0.5, 0.6) is 5.75 Å². The summed E-state index contributed by atoms with van der Waals surface area (Å²) < 4.78 is 18.1. The molecule has 0 fully saturated rings. The molecule has 0 saturated heterocycles. The normalized spacial score (nSPS) is 12.6. The Hall–Kier alpha value is -1.98. The summed E-state index contributed by atoms with van der Waals surface area (Å²) in [7, 11) is 1.65. The molecule has 1 aromatic carbocycles. The quantitative estimate of drug-likeness (QED) is 0.741. The van der Waals surface area contributed by atoms with Crippen LogP contribution in [0, 0.1) is 20.8 Å². The van der Waals surface area contributed by atoms with Crippen LogP contribution in [-0.4, -0.2) is 21.6 Å². The summed E-state index contributed by atoms with van der Waals surface area (Å²) in [5.41, 5.74) is 4.94. The van der Waals surface area contributed by atoms with Crippen molar-refractivity contribution in [3.8, 4) is 5.75 Å². The molecule has 1 N–H and O–H groups in total. The highest BCUT2D eigenvalue weighted by Crippen LogP contribution is 2.27. The third-order valence-corrected chi connectivity index (χ3v) is 5.26. The van der Waals surface area contributed by atoms with Gasteiger partial charge in [0.2, 0.25) is 5.03 Å². The van der Waals surface area contributed by atoms with Gasteiger partial charge in [-0.05, 0) is 32.9 Å². The van der Waals surface area contributed by atoms with Crippen molar-refractivity contribution in [2.45, 2.75) is 31.6 Å². The molecule has 4 nitrogen and oxygen atoms in total. The predicted molar refractivity (Wildman–Crippen MR) is 93.4 cm³/mol. The van der Waals surface area contributed by atoms with Crippen molar-refractivity contribution in [2.24, 2.45) is 0 Å². The van der Waals surface area contributed by atoms with Gasteiger partial charge in [0, 0.05) is 45.5 Å². The predicted octanol–water partition coefficient (Wildman–Crippen LogP) is 3.80. The second kappa shape index (κ2) is 6.26. The highest BCUT2D eigenvalue weighted by atomic mass is 32.2. The molecule has 0 bridgehead atoms. The number of aromatic nitrogens is 2. The van der Waals surface area contributed by atoms with Crippen LogP contribution >= 0.6 is 0 Å². The van der Waals surface area contributed by atoms with E-state index in [0.717, 1.165) is 38.5 Å². The van der Waals surface area contributed by atoms with Gasteiger partial charge in [0.15, 0.2) is 5.75 Å². The van der Waals surface area contributed by atoms with Crippen molar-refractivity contribution in [3.05, 3.63) is 52.8 Å². The van der Waals surface area contributed by atoms with Gasteiger partial charge in [-0.25, -0.2) is 0 Å². The van der Waals surface area contributed by atoms with E-state index in [-0.39, 0.29) is 0 Å². The lowest BCUT2D eigenvalue weighted by molar-refractivity contribution is 0.407. The van der Waals surface area contributed by atoms with Gasteiger partial charge in [-0.2, -0.15) is 0 Å². The fourth-order valence-electron chi connectivity index (χ4n) is 2.77. The molecule has 1 atom stereocenters. The first kappa shape index (κ1) is 15.9. The minimum Gasteiger partial charge on any atom is -0.610 e. The maximum Gasteiger partial charge on any atom is 0.224 e. The fraction of sp³-hybridized carbons (Fsp3) is 0.278. The topological polar surface area (TPSA) is 61.0 Å². The first-order valence-corrected chi connectivity index (χ1v) is 8.78. The minimum absolute atomic E-state index is 0.369. The van der Waals surface area contributed by atoms with Crippen molar-refractivity contribution in [1.29, 1.82) is 0 Å². The van der Waals surface area contributed by atoms with E-state index in [9.17, 15) is 4.55 Å². The minimum atomic E-state index is -1.17. The number of aromatic amines is 1. The Morgan fingerprint density at radius 1 is 1.22 bits per heavy atom. The number of pyridine rings is 1. The van der Waals surface area contributed by atoms with Crippen LogP contribution in [0.15, 0.2) is 35.5 Å². The number of hydrogen-bond donors (Lipinski definition) is 1. The van der Waals surface area contributed by atoms with Crippen LogP contribution < -0.4 is 4.74 Å². The molecule has 0 aliphatic rings. The smallest absolute Gasteiger partial charge is 0.224 e. The second-order valence-electron chi connectivity index (χ2n) is 5.76. The Morgan fingerprint density at radius 2 is 2.00 bits per heavy atom. The molecule has 0 aliphatic carbocycles. The van der Waals surface area contributed by atoms with Gasteiger partial charge in [0.1, 0.15) is 5.75 Å². The molecule has 0 aliphatic heterocycles. The van der Waals surface area contributed by atoms with Crippen molar-refractivity contribution in [3.63, 3.8) is 0 Å². The van der Waals surface area contributed by atoms with E-state index in [1.807, 2.05) is 32.0 Å². The van der Waals surface area contributed by atoms with E-state index in [1.54, 1.807) is 13.3 Å². The lowest BCUT2D eigenvalue weighted by Gasteiger charge is -2.13. The van der Waals surface area contributed by atoms with E-state index in [1.165, 1.54) is 5.56 Å². The molecule has 0 saturated carbocycles. The van der Waals surface area contributed by atoms with E-state index in [2.05, 4.69) is 23.0 Å². The van der Waals surface area contributed by atoms with Crippen LogP contribution in [0.3, 0.4) is 0 Å². The van der Waals surface area contributed by atoms with Crippen molar-refractivity contribution >= 4 is 22.1 Å². The Kier molecular flexibility index (Phi) is 4.33. The third kappa shape index (κ3) is 3.07. The highest BCUT2D eigenvalue weighted by Gasteiger charge is 2.19. The summed E-state index contributed by atoms with van der Waals surface area (Å²) in [6, 6.07) is 8.11. The Balaban J connectivity index is 1.90. The zero-order valence-electron chi connectivity index (χ0n) is 13.8. The first-order chi connectivity index (χ1) is 11.0. The van der Waals surface area contributed by atoms with Crippen molar-refractivity contribution in [1.82, 2.24) is 9.97 Å². The Morgan fingerprint density at radius 3 is 2.74 bits per heavy atom. The average Bonchev–Trinajstić information content (AvgIpc) is 2.93. The lowest BCUT2D eigenvalue weighted by atomic mass is 10.1. The zero-order valence-corrected chi connectivity index (χ0v) is 14.6. The maximum atomic E-state index is 12.7. The molecular weight excluding hydrogens is 308 g/mol. The number of H-pyrrole nitrogens is 1. The van der Waals surface area contributed by atoms with E-state index in [0.29, 0.717) is 5.75 Å². The standard InChI is InChI=1S/C18H20N2O2S/c1-11-5-6-15-14(7-11)8-17(20-15)23(21)10-16-13(3)18(22-4)12(2)9-19-16/h5-9,20H,10H2,1-4H3. The third-order valence-electron chi connectivity index (χ3n) is 4.01. The molecule has 0 spiro atoms. The number of aryl methyl sites for hydroxylation is 2. The van der Waals surface area contributed by atoms with Gasteiger partial charge in [0.05, 0.1) is 12.8 Å². The molecule has 2 aromatic heterocycles. The number of nitrogens with one attached hydrogen (secondary N) is 1. The summed E-state index contributed by atoms with van der Waals surface area (Å²) in [5, 5.41) is 1.81. The summed E-state index contributed by atoms with van der Waals surface area (Å²) in [5.74, 6) is 1.19. The van der Waals surface area contributed by atoms with Crippen molar-refractivity contribution < 1.29 is 9.29 Å². The summed E-state index contributed by atoms with van der Waals surface area (Å²) in [6.07, 6.45) is 1.77. The maximum absolute atomic E-state index is 12.7. The molecule has 3 aromatic rings. The van der Waals surface area contributed by atoms with Crippen LogP contribution in [0.1, 0.15) is 22.4 Å². The molecule has 3 rings (SSSR count). The SMILES string of the molecule is COc1c(C)cnc(C[S+]([O-])c2cc3cc(C)ccc3[nH]2)c1C. The van der Waals surface area contributed by atoms with Crippen LogP contribution in [-0.2, 0) is 16.9 Å². The van der Waals surface area contributed by atoms with E-state index >= 15 is 0 Å². The molecule has 0 radical (unpaired) electrons. The molecule has 5 heteroatoms. The van der Waals surface area contributed by atoms with Gasteiger partial charge >= 0.3 is 0 Å². The zero-order chi connectivity index (χ0) is 16.6. The number of methoxy groups -OCH3 is 1. The van der Waals surface area contributed by atoms with Gasteiger partial charge < -0.3 is 14.3 Å². The van der Waals surface area contributed by atoms with Gasteiger partial charge in [-0.15, -0.1) is 0 Å². The van der Waals surface area contributed by atoms with Crippen LogP contribution in [0.4, 0.5) is 0 Å². The number of hydrogen-bond acceptors (Lipinski definition) is 3. The number of rotatable bonds is 4. The highest BCUT2D eigenvalue weighted by molar-refractivity contribution is 7.90. The number of nitrogens with zero attached hydrogens (tertiary/aromatic N) is 1. The molecule has 23 heavy (non-hydrogen) atoms. The number of ether oxygens (including phenoxy) is 1. The monoisotopic (exact) mass is 328 g/mol. The molecule has 120 valence electrons. The second-order valence-corrected chi connectivity index (χ2v) is 7.18. The van der Waals surface area contributed by atoms with Gasteiger partial charge in [-0.1, -0.05) is 11.6 Å². The lowest BCUT2D eigenvalue weighted by Crippen LogP contribution is -2.09. The summed E-state index contributed by atoms with van der Waals surface area (Å²) in [6.45, 7) is 5.97. The molecule has 1 unspecified atom stereocenters. The van der Waals surface area contributed by atoms with Crippen LogP contribution in [0.25, 0.3) is 10.9 Å². The molecular formula is C18H20N2O2S. The Bertz CT molecular complexity index is 858. The van der Waals surface area contributed by atoms with E-state index in [4.69, 9.17) is 4.74 Å². The van der Waals surface area contributed by atoms with Gasteiger partial charge in [0.25, 0.3) is 0 Å². The van der Waals surface area contributed by atoms with Crippen LogP contribution in [0.2, 0.25) is 0 Å². The average molecular weight is 328 g/mol. The molecule has 0 amide bonds.